The topological polar surface area (TPSA) is 15.3 Å². The Balaban J connectivity index is 1.99. The fraction of sp³-hybridized carbons (Fsp3) is 0.533. The van der Waals surface area contributed by atoms with Gasteiger partial charge in [0.2, 0.25) is 0 Å². The SMILES string of the molecule is Cc1cccc(NC(=S)N2C[C@H](C)C[C@@H](C)C2)c1. The summed E-state index contributed by atoms with van der Waals surface area (Å²) in [6, 6.07) is 8.35. The Labute approximate surface area is 115 Å². The van der Waals surface area contributed by atoms with Gasteiger partial charge >= 0.3 is 0 Å². The van der Waals surface area contributed by atoms with Gasteiger partial charge in [0.15, 0.2) is 5.11 Å². The molecule has 0 aliphatic carbocycles. The molecule has 0 spiro atoms. The molecule has 1 fully saturated rings. The van der Waals surface area contributed by atoms with Crippen LogP contribution in [0.1, 0.15) is 25.8 Å². The second-order valence-electron chi connectivity index (χ2n) is 5.65. The summed E-state index contributed by atoms with van der Waals surface area (Å²) in [6.07, 6.45) is 1.31. The van der Waals surface area contributed by atoms with Crippen molar-refractivity contribution in [3.05, 3.63) is 29.8 Å². The molecule has 0 saturated carbocycles. The van der Waals surface area contributed by atoms with Crippen LogP contribution in [-0.4, -0.2) is 23.1 Å². The van der Waals surface area contributed by atoms with Crippen LogP contribution in [0, 0.1) is 18.8 Å². The second-order valence-corrected chi connectivity index (χ2v) is 6.04. The van der Waals surface area contributed by atoms with Crippen LogP contribution in [0.4, 0.5) is 5.69 Å². The van der Waals surface area contributed by atoms with E-state index in [1.165, 1.54) is 12.0 Å². The van der Waals surface area contributed by atoms with Crippen LogP contribution in [0.15, 0.2) is 24.3 Å². The van der Waals surface area contributed by atoms with Crippen LogP contribution in [0.5, 0.6) is 0 Å². The van der Waals surface area contributed by atoms with E-state index in [0.717, 1.165) is 35.7 Å². The molecule has 1 aromatic rings. The maximum atomic E-state index is 5.52. The molecule has 3 heteroatoms. The smallest absolute Gasteiger partial charge is 0.173 e. The van der Waals surface area contributed by atoms with Crippen molar-refractivity contribution >= 4 is 23.0 Å². The molecule has 1 heterocycles. The zero-order valence-electron chi connectivity index (χ0n) is 11.4. The fourth-order valence-corrected chi connectivity index (χ4v) is 3.02. The first-order valence-corrected chi connectivity index (χ1v) is 7.08. The summed E-state index contributed by atoms with van der Waals surface area (Å²) in [4.78, 5) is 2.30. The van der Waals surface area contributed by atoms with Gasteiger partial charge in [-0.25, -0.2) is 0 Å². The molecule has 0 amide bonds. The van der Waals surface area contributed by atoms with Crippen molar-refractivity contribution in [2.45, 2.75) is 27.2 Å². The van der Waals surface area contributed by atoms with Gasteiger partial charge in [0.05, 0.1) is 0 Å². The first kappa shape index (κ1) is 13.3. The third kappa shape index (κ3) is 3.45. The Morgan fingerprint density at radius 1 is 1.28 bits per heavy atom. The lowest BCUT2D eigenvalue weighted by Gasteiger charge is -2.36. The molecule has 2 atom stereocenters. The van der Waals surface area contributed by atoms with Gasteiger partial charge in [-0.1, -0.05) is 26.0 Å². The average molecular weight is 262 g/mol. The van der Waals surface area contributed by atoms with E-state index in [1.54, 1.807) is 0 Å². The second kappa shape index (κ2) is 5.70. The molecule has 1 aliphatic rings. The van der Waals surface area contributed by atoms with Crippen LogP contribution in [-0.2, 0) is 0 Å². The Kier molecular flexibility index (Phi) is 4.23. The van der Waals surface area contributed by atoms with Crippen molar-refractivity contribution in [3.63, 3.8) is 0 Å². The first-order chi connectivity index (χ1) is 8.54. The molecule has 18 heavy (non-hydrogen) atoms. The minimum Gasteiger partial charge on any atom is -0.348 e. The molecule has 1 saturated heterocycles. The third-order valence-corrected chi connectivity index (χ3v) is 3.79. The average Bonchev–Trinajstić information content (AvgIpc) is 2.27. The highest BCUT2D eigenvalue weighted by molar-refractivity contribution is 7.80. The maximum Gasteiger partial charge on any atom is 0.173 e. The molecule has 2 nitrogen and oxygen atoms in total. The number of benzene rings is 1. The molecule has 2 rings (SSSR count). The highest BCUT2D eigenvalue weighted by atomic mass is 32.1. The quantitative estimate of drug-likeness (QED) is 0.777. The van der Waals surface area contributed by atoms with Crippen LogP contribution in [0.3, 0.4) is 0 Å². The standard InChI is InChI=1S/C15H22N2S/c1-11-5-4-6-14(8-11)16-15(18)17-9-12(2)7-13(3)10-17/h4-6,8,12-13H,7,9-10H2,1-3H3,(H,16,18)/t12-,13-/m1/s1. The number of nitrogens with zero attached hydrogens (tertiary/aromatic N) is 1. The molecular weight excluding hydrogens is 240 g/mol. The minimum absolute atomic E-state index is 0.728. The molecule has 0 bridgehead atoms. The van der Waals surface area contributed by atoms with Crippen LogP contribution in [0.2, 0.25) is 0 Å². The number of rotatable bonds is 1. The van der Waals surface area contributed by atoms with E-state index in [1.807, 2.05) is 0 Å². The molecule has 0 unspecified atom stereocenters. The Morgan fingerprint density at radius 2 is 1.94 bits per heavy atom. The van der Waals surface area contributed by atoms with E-state index in [0.29, 0.717) is 0 Å². The van der Waals surface area contributed by atoms with Gasteiger partial charge < -0.3 is 10.2 Å². The van der Waals surface area contributed by atoms with Gasteiger partial charge in [-0.3, -0.25) is 0 Å². The highest BCUT2D eigenvalue weighted by Gasteiger charge is 2.23. The normalized spacial score (nSPS) is 23.8. The molecular formula is C15H22N2S. The van der Waals surface area contributed by atoms with Crippen molar-refractivity contribution in [3.8, 4) is 0 Å². The summed E-state index contributed by atoms with van der Waals surface area (Å²) in [5.74, 6) is 1.46. The van der Waals surface area contributed by atoms with Crippen LogP contribution >= 0.6 is 12.2 Å². The van der Waals surface area contributed by atoms with Gasteiger partial charge in [-0.05, 0) is 55.1 Å². The Morgan fingerprint density at radius 3 is 2.56 bits per heavy atom. The highest BCUT2D eigenvalue weighted by Crippen LogP contribution is 2.22. The molecule has 1 aromatic carbocycles. The molecule has 98 valence electrons. The molecule has 1 aliphatic heterocycles. The predicted octanol–water partition coefficient (Wildman–Crippen LogP) is 3.67. The number of hydrogen-bond donors (Lipinski definition) is 1. The van der Waals surface area contributed by atoms with Crippen molar-refractivity contribution < 1.29 is 0 Å². The van der Waals surface area contributed by atoms with Crippen molar-refractivity contribution in [1.29, 1.82) is 0 Å². The van der Waals surface area contributed by atoms with Gasteiger partial charge in [0.25, 0.3) is 0 Å². The lowest BCUT2D eigenvalue weighted by molar-refractivity contribution is 0.216. The van der Waals surface area contributed by atoms with Crippen molar-refractivity contribution in [1.82, 2.24) is 4.90 Å². The zero-order valence-corrected chi connectivity index (χ0v) is 12.3. The summed E-state index contributed by atoms with van der Waals surface area (Å²) in [5, 5.41) is 4.21. The van der Waals surface area contributed by atoms with Crippen molar-refractivity contribution in [2.75, 3.05) is 18.4 Å². The minimum atomic E-state index is 0.728. The monoisotopic (exact) mass is 262 g/mol. The zero-order chi connectivity index (χ0) is 13.1. The Hall–Kier alpha value is -1.09. The predicted molar refractivity (Wildman–Crippen MR) is 81.9 cm³/mol. The number of anilines is 1. The third-order valence-electron chi connectivity index (χ3n) is 3.43. The van der Waals surface area contributed by atoms with E-state index in [-0.39, 0.29) is 0 Å². The van der Waals surface area contributed by atoms with Crippen LogP contribution < -0.4 is 5.32 Å². The lowest BCUT2D eigenvalue weighted by atomic mass is 9.92. The van der Waals surface area contributed by atoms with E-state index in [2.05, 4.69) is 55.3 Å². The van der Waals surface area contributed by atoms with E-state index in [4.69, 9.17) is 12.2 Å². The lowest BCUT2D eigenvalue weighted by Crippen LogP contribution is -2.44. The molecule has 0 radical (unpaired) electrons. The van der Waals surface area contributed by atoms with Gasteiger partial charge in [0, 0.05) is 18.8 Å². The van der Waals surface area contributed by atoms with E-state index in [9.17, 15) is 0 Å². The number of thiocarbonyl (C=S) groups is 1. The summed E-state index contributed by atoms with van der Waals surface area (Å²) in [6.45, 7) is 8.85. The van der Waals surface area contributed by atoms with Gasteiger partial charge in [0.1, 0.15) is 0 Å². The summed E-state index contributed by atoms with van der Waals surface area (Å²) in [5.41, 5.74) is 2.34. The Bertz CT molecular complexity index is 420. The number of aryl methyl sites for hydroxylation is 1. The molecule has 0 aromatic heterocycles. The van der Waals surface area contributed by atoms with Crippen LogP contribution in [0.25, 0.3) is 0 Å². The van der Waals surface area contributed by atoms with Gasteiger partial charge in [-0.15, -0.1) is 0 Å². The fourth-order valence-electron chi connectivity index (χ4n) is 2.75. The number of hydrogen-bond acceptors (Lipinski definition) is 1. The summed E-state index contributed by atoms with van der Waals surface area (Å²) in [7, 11) is 0. The summed E-state index contributed by atoms with van der Waals surface area (Å²) >= 11 is 5.52. The van der Waals surface area contributed by atoms with E-state index < -0.39 is 0 Å². The largest absolute Gasteiger partial charge is 0.348 e. The number of piperidine rings is 1. The van der Waals surface area contributed by atoms with Gasteiger partial charge in [-0.2, -0.15) is 0 Å². The number of likely N-dealkylation sites (tertiary alicyclic amines) is 1. The van der Waals surface area contributed by atoms with Crippen molar-refractivity contribution in [2.24, 2.45) is 11.8 Å². The maximum absolute atomic E-state index is 5.52. The van der Waals surface area contributed by atoms with E-state index >= 15 is 0 Å². The number of nitrogens with one attached hydrogen (secondary N) is 1. The summed E-state index contributed by atoms with van der Waals surface area (Å²) < 4.78 is 0. The first-order valence-electron chi connectivity index (χ1n) is 6.67. The molecule has 1 N–H and O–H groups in total.